The number of rotatable bonds is 6. The molecule has 0 spiro atoms. The predicted molar refractivity (Wildman–Crippen MR) is 65.0 cm³/mol. The lowest BCUT2D eigenvalue weighted by molar-refractivity contribution is -0.128. The average molecular weight is 271 g/mol. The van der Waals surface area contributed by atoms with Gasteiger partial charge in [-0.3, -0.25) is 4.79 Å². The molecule has 96 valence electrons. The van der Waals surface area contributed by atoms with Crippen LogP contribution >= 0.6 is 11.6 Å². The monoisotopic (exact) mass is 270 g/mol. The van der Waals surface area contributed by atoms with E-state index in [9.17, 15) is 13.2 Å². The highest BCUT2D eigenvalue weighted by molar-refractivity contribution is 7.89. The number of nitrogens with zero attached hydrogens (tertiary/aromatic N) is 2. The van der Waals surface area contributed by atoms with Crippen molar-refractivity contribution >= 4 is 27.5 Å². The summed E-state index contributed by atoms with van der Waals surface area (Å²) in [7, 11) is 1.18. The van der Waals surface area contributed by atoms with E-state index < -0.39 is 10.0 Å². The van der Waals surface area contributed by atoms with Gasteiger partial charge in [0.2, 0.25) is 15.9 Å². The third-order valence-electron chi connectivity index (χ3n) is 2.09. The first-order valence-electron chi connectivity index (χ1n) is 4.90. The van der Waals surface area contributed by atoms with E-state index >= 15 is 0 Å². The summed E-state index contributed by atoms with van der Waals surface area (Å²) in [4.78, 5) is 12.7. The number of carbonyl (C=O) groups is 1. The van der Waals surface area contributed by atoms with Gasteiger partial charge in [0.1, 0.15) is 0 Å². The van der Waals surface area contributed by atoms with Crippen molar-refractivity contribution in [3.8, 4) is 0 Å². The molecule has 0 radical (unpaired) electrons. The average Bonchev–Trinajstić information content (AvgIpc) is 2.16. The summed E-state index contributed by atoms with van der Waals surface area (Å²) in [5, 5.41) is 0. The minimum atomic E-state index is -3.40. The van der Waals surface area contributed by atoms with Gasteiger partial charge in [0.25, 0.3) is 0 Å². The Bertz CT molecular complexity index is 330. The van der Waals surface area contributed by atoms with Crippen LogP contribution in [0.5, 0.6) is 0 Å². The van der Waals surface area contributed by atoms with Crippen LogP contribution in [0.4, 0.5) is 0 Å². The lowest BCUT2D eigenvalue weighted by Crippen LogP contribution is -2.39. The van der Waals surface area contributed by atoms with Crippen molar-refractivity contribution in [2.75, 3.05) is 39.3 Å². The van der Waals surface area contributed by atoms with Gasteiger partial charge in [-0.15, -0.1) is 11.6 Å². The first-order valence-corrected chi connectivity index (χ1v) is 7.05. The summed E-state index contributed by atoms with van der Waals surface area (Å²) in [6.45, 7) is 1.62. The predicted octanol–water partition coefficient (Wildman–Crippen LogP) is 0.211. The van der Waals surface area contributed by atoms with Gasteiger partial charge in [-0.2, -0.15) is 4.31 Å². The van der Waals surface area contributed by atoms with E-state index in [0.717, 1.165) is 4.31 Å². The van der Waals surface area contributed by atoms with Crippen LogP contribution in [0, 0.1) is 5.92 Å². The van der Waals surface area contributed by atoms with Crippen LogP contribution in [-0.4, -0.2) is 62.9 Å². The molecule has 1 atom stereocenters. The molecular weight excluding hydrogens is 252 g/mol. The topological polar surface area (TPSA) is 57.7 Å². The van der Waals surface area contributed by atoms with Gasteiger partial charge in [0.15, 0.2) is 0 Å². The summed E-state index contributed by atoms with van der Waals surface area (Å²) >= 11 is 5.56. The molecule has 0 bridgehead atoms. The van der Waals surface area contributed by atoms with E-state index in [4.69, 9.17) is 11.6 Å². The smallest absolute Gasteiger partial charge is 0.237 e. The largest absolute Gasteiger partial charge is 0.348 e. The summed E-state index contributed by atoms with van der Waals surface area (Å²) < 4.78 is 24.6. The molecule has 0 rings (SSSR count). The minimum Gasteiger partial charge on any atom is -0.348 e. The quantitative estimate of drug-likeness (QED) is 0.649. The third-order valence-corrected chi connectivity index (χ3v) is 4.69. The van der Waals surface area contributed by atoms with Gasteiger partial charge >= 0.3 is 0 Å². The summed E-state index contributed by atoms with van der Waals surface area (Å²) in [6.07, 6.45) is 0. The number of alkyl halides is 1. The lowest BCUT2D eigenvalue weighted by Gasteiger charge is -2.20. The Labute approximate surface area is 102 Å². The van der Waals surface area contributed by atoms with Gasteiger partial charge in [-0.1, -0.05) is 6.92 Å². The molecule has 16 heavy (non-hydrogen) atoms. The van der Waals surface area contributed by atoms with Gasteiger partial charge in [-0.25, -0.2) is 8.42 Å². The van der Waals surface area contributed by atoms with Crippen LogP contribution in [0.2, 0.25) is 0 Å². The minimum absolute atomic E-state index is 0.0340. The van der Waals surface area contributed by atoms with E-state index in [0.29, 0.717) is 0 Å². The van der Waals surface area contributed by atoms with E-state index in [1.54, 1.807) is 21.0 Å². The summed E-state index contributed by atoms with van der Waals surface area (Å²) in [5.41, 5.74) is 0. The molecule has 0 saturated heterocycles. The lowest BCUT2D eigenvalue weighted by atomic mass is 10.3. The Morgan fingerprint density at radius 3 is 2.19 bits per heavy atom. The molecule has 7 heteroatoms. The van der Waals surface area contributed by atoms with Crippen LogP contribution in [0.15, 0.2) is 0 Å². The fraction of sp³-hybridized carbons (Fsp3) is 0.889. The molecule has 0 saturated carbocycles. The van der Waals surface area contributed by atoms with Crippen molar-refractivity contribution in [3.05, 3.63) is 0 Å². The van der Waals surface area contributed by atoms with Gasteiger partial charge in [0.05, 0.1) is 12.3 Å². The Morgan fingerprint density at radius 2 is 1.81 bits per heavy atom. The molecular formula is C9H19ClN2O3S. The molecule has 0 aliphatic rings. The maximum Gasteiger partial charge on any atom is 0.237 e. The number of hydrogen-bond acceptors (Lipinski definition) is 3. The maximum atomic E-state index is 11.8. The van der Waals surface area contributed by atoms with Crippen LogP contribution in [0.1, 0.15) is 6.92 Å². The van der Waals surface area contributed by atoms with E-state index in [2.05, 4.69) is 0 Å². The number of sulfonamides is 1. The van der Waals surface area contributed by atoms with Crippen molar-refractivity contribution < 1.29 is 13.2 Å². The number of halogens is 1. The standard InChI is InChI=1S/C9H19ClN2O3S/c1-8(5-10)7-16(14,15)12(4)6-9(13)11(2)3/h8H,5-7H2,1-4H3. The molecule has 1 amide bonds. The first kappa shape index (κ1) is 15.7. The highest BCUT2D eigenvalue weighted by Crippen LogP contribution is 2.07. The van der Waals surface area contributed by atoms with Crippen LogP contribution < -0.4 is 0 Å². The van der Waals surface area contributed by atoms with E-state index in [1.165, 1.54) is 11.9 Å². The third kappa shape index (κ3) is 5.14. The Balaban J connectivity index is 4.47. The summed E-state index contributed by atoms with van der Waals surface area (Å²) in [6, 6.07) is 0. The molecule has 0 fully saturated rings. The molecule has 0 aliphatic carbocycles. The van der Waals surface area contributed by atoms with Crippen molar-refractivity contribution in [1.82, 2.24) is 9.21 Å². The number of carbonyl (C=O) groups excluding carboxylic acids is 1. The zero-order valence-electron chi connectivity index (χ0n) is 10.1. The van der Waals surface area contributed by atoms with E-state index in [-0.39, 0.29) is 30.0 Å². The van der Waals surface area contributed by atoms with Crippen LogP contribution in [-0.2, 0) is 14.8 Å². The van der Waals surface area contributed by atoms with Crippen molar-refractivity contribution in [3.63, 3.8) is 0 Å². The highest BCUT2D eigenvalue weighted by Gasteiger charge is 2.23. The fourth-order valence-corrected chi connectivity index (χ4v) is 2.60. The second-order valence-electron chi connectivity index (χ2n) is 4.08. The number of amides is 1. The highest BCUT2D eigenvalue weighted by atomic mass is 35.5. The second kappa shape index (κ2) is 6.42. The van der Waals surface area contributed by atoms with Crippen molar-refractivity contribution in [1.29, 1.82) is 0 Å². The Kier molecular flexibility index (Phi) is 6.28. The molecule has 0 heterocycles. The maximum absolute atomic E-state index is 11.8. The molecule has 1 unspecified atom stereocenters. The van der Waals surface area contributed by atoms with Crippen LogP contribution in [0.3, 0.4) is 0 Å². The molecule has 5 nitrogen and oxygen atoms in total. The van der Waals surface area contributed by atoms with E-state index in [1.807, 2.05) is 0 Å². The van der Waals surface area contributed by atoms with Crippen molar-refractivity contribution in [2.24, 2.45) is 5.92 Å². The Hall–Kier alpha value is -0.330. The molecule has 0 aliphatic heterocycles. The van der Waals surface area contributed by atoms with Gasteiger partial charge < -0.3 is 4.90 Å². The fourth-order valence-electron chi connectivity index (χ4n) is 0.962. The molecule has 0 N–H and O–H groups in total. The zero-order valence-corrected chi connectivity index (χ0v) is 11.7. The summed E-state index contributed by atoms with van der Waals surface area (Å²) in [5.74, 6) is -0.115. The van der Waals surface area contributed by atoms with Gasteiger partial charge in [0, 0.05) is 27.0 Å². The molecule has 0 aromatic rings. The van der Waals surface area contributed by atoms with Crippen molar-refractivity contribution in [2.45, 2.75) is 6.92 Å². The number of hydrogen-bond donors (Lipinski definition) is 0. The second-order valence-corrected chi connectivity index (χ2v) is 6.51. The normalized spacial score (nSPS) is 13.9. The first-order chi connectivity index (χ1) is 7.20. The number of likely N-dealkylation sites (N-methyl/N-ethyl adjacent to an activating group) is 2. The SMILES string of the molecule is CC(CCl)CS(=O)(=O)N(C)CC(=O)N(C)C. The van der Waals surface area contributed by atoms with Gasteiger partial charge in [-0.05, 0) is 5.92 Å². The zero-order chi connectivity index (χ0) is 12.9. The Morgan fingerprint density at radius 1 is 1.31 bits per heavy atom. The van der Waals surface area contributed by atoms with Crippen LogP contribution in [0.25, 0.3) is 0 Å². The molecule has 0 aromatic carbocycles. The molecule has 0 aromatic heterocycles.